The summed E-state index contributed by atoms with van der Waals surface area (Å²) in [5.41, 5.74) is 0. The Kier molecular flexibility index (Phi) is 5.58. The zero-order chi connectivity index (χ0) is 12.1. The maximum Gasteiger partial charge on any atom is 0.0351 e. The minimum atomic E-state index is 0.789. The van der Waals surface area contributed by atoms with E-state index in [4.69, 9.17) is 11.6 Å². The predicted octanol–water partition coefficient (Wildman–Crippen LogP) is 2.95. The predicted molar refractivity (Wildman–Crippen MR) is 74.8 cm³/mol. The smallest absolute Gasteiger partial charge is 0.0351 e. The second kappa shape index (κ2) is 6.96. The number of nitrogens with zero attached hydrogens (tertiary/aromatic N) is 2. The highest BCUT2D eigenvalue weighted by Gasteiger charge is 2.26. The summed E-state index contributed by atoms with van der Waals surface area (Å²) in [5.74, 6) is 0.789. The van der Waals surface area contributed by atoms with Crippen molar-refractivity contribution >= 4 is 11.6 Å². The molecule has 2 rings (SSSR count). The van der Waals surface area contributed by atoms with Crippen molar-refractivity contribution in [1.82, 2.24) is 9.80 Å². The average Bonchev–Trinajstić information content (AvgIpc) is 2.25. The first kappa shape index (κ1) is 13.6. The summed E-state index contributed by atoms with van der Waals surface area (Å²) in [5, 5.41) is 0. The lowest BCUT2D eigenvalue weighted by Gasteiger charge is -2.39. The van der Waals surface area contributed by atoms with Crippen LogP contribution in [-0.4, -0.2) is 54.4 Å². The molecule has 2 aliphatic rings. The number of halogens is 1. The summed E-state index contributed by atoms with van der Waals surface area (Å²) < 4.78 is 0. The first-order valence-corrected chi connectivity index (χ1v) is 7.85. The molecule has 100 valence electrons. The Morgan fingerprint density at radius 2 is 1.94 bits per heavy atom. The topological polar surface area (TPSA) is 6.48 Å². The molecule has 0 spiro atoms. The Morgan fingerprint density at radius 1 is 1.12 bits per heavy atom. The molecule has 1 saturated carbocycles. The van der Waals surface area contributed by atoms with E-state index in [2.05, 4.69) is 16.8 Å². The summed E-state index contributed by atoms with van der Waals surface area (Å²) in [7, 11) is 2.29. The molecule has 2 fully saturated rings. The third kappa shape index (κ3) is 3.84. The largest absolute Gasteiger partial charge is 0.303 e. The van der Waals surface area contributed by atoms with Crippen LogP contribution in [0.5, 0.6) is 0 Å². The van der Waals surface area contributed by atoms with Gasteiger partial charge in [-0.05, 0) is 52.2 Å². The molecule has 0 N–H and O–H groups in total. The van der Waals surface area contributed by atoms with Gasteiger partial charge in [0, 0.05) is 24.5 Å². The van der Waals surface area contributed by atoms with Crippen molar-refractivity contribution in [2.75, 3.05) is 32.6 Å². The fraction of sp³-hybridized carbons (Fsp3) is 1.00. The molecular formula is C14H27ClN2. The SMILES string of the molecule is CN1CCCCC1CCN(CCCl)C1CCC1. The molecule has 1 atom stereocenters. The van der Waals surface area contributed by atoms with Gasteiger partial charge in [0.15, 0.2) is 0 Å². The number of piperidine rings is 1. The van der Waals surface area contributed by atoms with Crippen LogP contribution in [0.2, 0.25) is 0 Å². The zero-order valence-corrected chi connectivity index (χ0v) is 12.0. The molecule has 1 heterocycles. The van der Waals surface area contributed by atoms with Crippen LogP contribution in [0.4, 0.5) is 0 Å². The molecule has 2 nitrogen and oxygen atoms in total. The van der Waals surface area contributed by atoms with Crippen molar-refractivity contribution in [2.24, 2.45) is 0 Å². The minimum Gasteiger partial charge on any atom is -0.303 e. The minimum absolute atomic E-state index is 0.789. The van der Waals surface area contributed by atoms with Crippen molar-refractivity contribution in [3.63, 3.8) is 0 Å². The number of alkyl halides is 1. The van der Waals surface area contributed by atoms with E-state index in [1.165, 1.54) is 58.0 Å². The molecule has 0 aromatic carbocycles. The molecule has 1 unspecified atom stereocenters. The highest BCUT2D eigenvalue weighted by atomic mass is 35.5. The Hall–Kier alpha value is 0.210. The highest BCUT2D eigenvalue weighted by Crippen LogP contribution is 2.26. The van der Waals surface area contributed by atoms with Crippen molar-refractivity contribution in [3.8, 4) is 0 Å². The molecule has 17 heavy (non-hydrogen) atoms. The van der Waals surface area contributed by atoms with Gasteiger partial charge in [-0.25, -0.2) is 0 Å². The Labute approximate surface area is 111 Å². The molecule has 3 heteroatoms. The number of hydrogen-bond donors (Lipinski definition) is 0. The Bertz CT molecular complexity index is 218. The third-order valence-corrected chi connectivity index (χ3v) is 4.80. The van der Waals surface area contributed by atoms with Crippen LogP contribution >= 0.6 is 11.6 Å². The second-order valence-electron chi connectivity index (χ2n) is 5.73. The van der Waals surface area contributed by atoms with Crippen molar-refractivity contribution in [2.45, 2.75) is 57.0 Å². The van der Waals surface area contributed by atoms with Crippen LogP contribution in [0.25, 0.3) is 0 Å². The first-order valence-electron chi connectivity index (χ1n) is 7.31. The standard InChI is InChI=1S/C14H27ClN2/c1-16-10-3-2-5-13(16)8-11-17(12-9-15)14-6-4-7-14/h13-14H,2-12H2,1H3. The van der Waals surface area contributed by atoms with E-state index in [9.17, 15) is 0 Å². The van der Waals surface area contributed by atoms with E-state index < -0.39 is 0 Å². The van der Waals surface area contributed by atoms with E-state index in [0.717, 1.165) is 24.5 Å². The van der Waals surface area contributed by atoms with Crippen LogP contribution in [-0.2, 0) is 0 Å². The second-order valence-corrected chi connectivity index (χ2v) is 6.11. The summed E-state index contributed by atoms with van der Waals surface area (Å²) in [4.78, 5) is 5.20. The molecule has 1 aliphatic carbocycles. The number of rotatable bonds is 6. The van der Waals surface area contributed by atoms with Crippen LogP contribution in [0, 0.1) is 0 Å². The first-order chi connectivity index (χ1) is 8.31. The summed E-state index contributed by atoms with van der Waals surface area (Å²) in [6.07, 6.45) is 9.77. The summed E-state index contributed by atoms with van der Waals surface area (Å²) in [6.45, 7) is 3.64. The van der Waals surface area contributed by atoms with Gasteiger partial charge in [0.1, 0.15) is 0 Å². The number of likely N-dealkylation sites (tertiary alicyclic amines) is 1. The lowest BCUT2D eigenvalue weighted by atomic mass is 9.91. The van der Waals surface area contributed by atoms with Gasteiger partial charge >= 0.3 is 0 Å². The van der Waals surface area contributed by atoms with Gasteiger partial charge in [0.25, 0.3) is 0 Å². The third-order valence-electron chi connectivity index (χ3n) is 4.63. The van der Waals surface area contributed by atoms with Gasteiger partial charge in [-0.1, -0.05) is 12.8 Å². The van der Waals surface area contributed by atoms with Gasteiger partial charge in [-0.3, -0.25) is 4.90 Å². The highest BCUT2D eigenvalue weighted by molar-refractivity contribution is 6.18. The monoisotopic (exact) mass is 258 g/mol. The van der Waals surface area contributed by atoms with Crippen LogP contribution in [0.1, 0.15) is 44.9 Å². The molecule has 1 aliphatic heterocycles. The molecule has 0 aromatic rings. The fourth-order valence-electron chi connectivity index (χ4n) is 3.16. The van der Waals surface area contributed by atoms with Crippen LogP contribution < -0.4 is 0 Å². The molecule has 0 amide bonds. The maximum atomic E-state index is 5.92. The summed E-state index contributed by atoms with van der Waals surface area (Å²) in [6, 6.07) is 1.67. The van der Waals surface area contributed by atoms with E-state index in [-0.39, 0.29) is 0 Å². The van der Waals surface area contributed by atoms with Gasteiger partial charge < -0.3 is 4.90 Å². The van der Waals surface area contributed by atoms with Gasteiger partial charge in [0.05, 0.1) is 0 Å². The lowest BCUT2D eigenvalue weighted by molar-refractivity contribution is 0.105. The quantitative estimate of drug-likeness (QED) is 0.676. The fourth-order valence-corrected chi connectivity index (χ4v) is 3.38. The molecule has 0 radical (unpaired) electrons. The van der Waals surface area contributed by atoms with Gasteiger partial charge in [0.2, 0.25) is 0 Å². The van der Waals surface area contributed by atoms with Crippen LogP contribution in [0.15, 0.2) is 0 Å². The van der Waals surface area contributed by atoms with Crippen molar-refractivity contribution in [1.29, 1.82) is 0 Å². The molecule has 0 bridgehead atoms. The van der Waals surface area contributed by atoms with E-state index in [1.807, 2.05) is 0 Å². The van der Waals surface area contributed by atoms with Crippen molar-refractivity contribution < 1.29 is 0 Å². The van der Waals surface area contributed by atoms with Gasteiger partial charge in [-0.2, -0.15) is 0 Å². The zero-order valence-electron chi connectivity index (χ0n) is 11.2. The summed E-state index contributed by atoms with van der Waals surface area (Å²) >= 11 is 5.92. The van der Waals surface area contributed by atoms with Gasteiger partial charge in [-0.15, -0.1) is 11.6 Å². The van der Waals surface area contributed by atoms with E-state index in [1.54, 1.807) is 0 Å². The number of hydrogen-bond acceptors (Lipinski definition) is 2. The maximum absolute atomic E-state index is 5.92. The Morgan fingerprint density at radius 3 is 2.53 bits per heavy atom. The molecular weight excluding hydrogens is 232 g/mol. The van der Waals surface area contributed by atoms with E-state index >= 15 is 0 Å². The molecule has 0 aromatic heterocycles. The Balaban J connectivity index is 1.73. The van der Waals surface area contributed by atoms with Crippen molar-refractivity contribution in [3.05, 3.63) is 0 Å². The normalized spacial score (nSPS) is 27.4. The molecule has 1 saturated heterocycles. The average molecular weight is 259 g/mol. The van der Waals surface area contributed by atoms with Crippen LogP contribution in [0.3, 0.4) is 0 Å². The van der Waals surface area contributed by atoms with E-state index in [0.29, 0.717) is 0 Å². The lowest BCUT2D eigenvalue weighted by Crippen LogP contribution is -2.45.